The van der Waals surface area contributed by atoms with E-state index in [0.717, 1.165) is 12.8 Å². The van der Waals surface area contributed by atoms with Gasteiger partial charge in [0.1, 0.15) is 23.7 Å². The lowest BCUT2D eigenvalue weighted by Gasteiger charge is -2.16. The van der Waals surface area contributed by atoms with Crippen LogP contribution in [0, 0.1) is 5.82 Å². The number of rotatable bonds is 4. The highest BCUT2D eigenvalue weighted by Crippen LogP contribution is 2.30. The van der Waals surface area contributed by atoms with E-state index in [1.807, 2.05) is 0 Å². The molecular weight excluding hydrogens is 379 g/mol. The molecule has 0 fully saturated rings. The second kappa shape index (κ2) is 8.72. The van der Waals surface area contributed by atoms with Crippen LogP contribution in [-0.2, 0) is 16.1 Å². The maximum absolute atomic E-state index is 13.4. The van der Waals surface area contributed by atoms with Crippen molar-refractivity contribution < 1.29 is 29.0 Å². The molecular formula is C21H21FN2O5. The number of benzene rings is 1. The number of carboxylic acid groups (broad SMARTS) is 1. The van der Waals surface area contributed by atoms with Crippen molar-refractivity contribution in [1.82, 2.24) is 9.88 Å². The van der Waals surface area contributed by atoms with E-state index in [-0.39, 0.29) is 17.9 Å². The van der Waals surface area contributed by atoms with Crippen molar-refractivity contribution in [2.24, 2.45) is 0 Å². The fraction of sp³-hybridized carbons (Fsp3) is 0.286. The van der Waals surface area contributed by atoms with Gasteiger partial charge < -0.3 is 20.1 Å². The predicted molar refractivity (Wildman–Crippen MR) is 103 cm³/mol. The van der Waals surface area contributed by atoms with Gasteiger partial charge in [-0.05, 0) is 36.6 Å². The summed E-state index contributed by atoms with van der Waals surface area (Å²) in [5.74, 6) is -3.68. The summed E-state index contributed by atoms with van der Waals surface area (Å²) in [7, 11) is 0. The summed E-state index contributed by atoms with van der Waals surface area (Å²) in [5, 5.41) is 21.4. The molecule has 1 amide bonds. The Morgan fingerprint density at radius 3 is 2.52 bits per heavy atom. The summed E-state index contributed by atoms with van der Waals surface area (Å²) < 4.78 is 15.0. The highest BCUT2D eigenvalue weighted by Gasteiger charge is 2.30. The third kappa shape index (κ3) is 4.53. The lowest BCUT2D eigenvalue weighted by molar-refractivity contribution is -0.137. The summed E-state index contributed by atoms with van der Waals surface area (Å²) >= 11 is 0. The minimum absolute atomic E-state index is 0.147. The van der Waals surface area contributed by atoms with Crippen molar-refractivity contribution in [2.45, 2.75) is 32.2 Å². The van der Waals surface area contributed by atoms with Crippen LogP contribution in [0.4, 0.5) is 4.39 Å². The predicted octanol–water partition coefficient (Wildman–Crippen LogP) is 3.06. The Labute approximate surface area is 166 Å². The fourth-order valence-corrected chi connectivity index (χ4v) is 3.38. The first-order valence-electron chi connectivity index (χ1n) is 9.30. The van der Waals surface area contributed by atoms with E-state index in [0.29, 0.717) is 24.1 Å². The zero-order valence-corrected chi connectivity index (χ0v) is 15.7. The van der Waals surface area contributed by atoms with Gasteiger partial charge in [0.05, 0.1) is 5.69 Å². The minimum Gasteiger partial charge on any atom is -0.511 e. The molecule has 2 heterocycles. The van der Waals surface area contributed by atoms with Crippen LogP contribution >= 0.6 is 0 Å². The molecule has 1 aromatic heterocycles. The molecule has 0 unspecified atom stereocenters. The molecule has 0 saturated carbocycles. The van der Waals surface area contributed by atoms with E-state index in [4.69, 9.17) is 5.11 Å². The van der Waals surface area contributed by atoms with Gasteiger partial charge >= 0.3 is 5.97 Å². The Balaban J connectivity index is 2.09. The van der Waals surface area contributed by atoms with E-state index in [1.165, 1.54) is 24.3 Å². The molecule has 8 heteroatoms. The van der Waals surface area contributed by atoms with Crippen LogP contribution < -0.4 is 5.32 Å². The lowest BCUT2D eigenvalue weighted by atomic mass is 9.96. The normalized spacial score (nSPS) is 17.5. The highest BCUT2D eigenvalue weighted by atomic mass is 19.1. The quantitative estimate of drug-likeness (QED) is 0.684. The number of aryl methyl sites for hydroxylation is 1. The molecule has 0 aliphatic carbocycles. The molecule has 0 radical (unpaired) electrons. The summed E-state index contributed by atoms with van der Waals surface area (Å²) in [6.07, 6.45) is 4.03. The fourth-order valence-electron chi connectivity index (χ4n) is 3.38. The molecule has 29 heavy (non-hydrogen) atoms. The van der Waals surface area contributed by atoms with Crippen LogP contribution in [0.1, 0.15) is 36.2 Å². The Kier molecular flexibility index (Phi) is 6.11. The zero-order chi connectivity index (χ0) is 21.0. The highest BCUT2D eigenvalue weighted by molar-refractivity contribution is 6.27. The van der Waals surface area contributed by atoms with Crippen LogP contribution in [0.3, 0.4) is 0 Å². The number of carbonyl (C=O) groups excluding carboxylic acids is 2. The number of ketones is 1. The first kappa shape index (κ1) is 20.3. The summed E-state index contributed by atoms with van der Waals surface area (Å²) in [5.41, 5.74) is 0.837. The average Bonchev–Trinajstić information content (AvgIpc) is 3.10. The minimum atomic E-state index is -1.26. The van der Waals surface area contributed by atoms with Crippen LogP contribution in [0.25, 0.3) is 11.1 Å². The number of aliphatic carboxylic acids is 1. The van der Waals surface area contributed by atoms with Crippen molar-refractivity contribution in [3.8, 4) is 11.1 Å². The number of carboxylic acids is 1. The first-order chi connectivity index (χ1) is 13.9. The van der Waals surface area contributed by atoms with E-state index in [1.54, 1.807) is 16.8 Å². The van der Waals surface area contributed by atoms with E-state index in [9.17, 15) is 23.9 Å². The second-order valence-corrected chi connectivity index (χ2v) is 6.82. The molecule has 7 nitrogen and oxygen atoms in total. The Morgan fingerprint density at radius 2 is 1.83 bits per heavy atom. The molecule has 1 aliphatic rings. The number of allylic oxidation sites excluding steroid dienone is 1. The number of amides is 1. The van der Waals surface area contributed by atoms with Gasteiger partial charge in [0.2, 0.25) is 5.78 Å². The van der Waals surface area contributed by atoms with Crippen molar-refractivity contribution in [3.63, 3.8) is 0 Å². The number of hydrogen-bond acceptors (Lipinski definition) is 4. The number of carbonyl (C=O) groups is 3. The van der Waals surface area contributed by atoms with Crippen molar-refractivity contribution in [1.29, 1.82) is 0 Å². The number of nitrogens with one attached hydrogen (secondary N) is 1. The SMILES string of the molecule is O=C(O)CNC(=O)/C1=C(\O)CCCCCn2ccc(-c3ccc(F)cc3)c2C1=O. The molecule has 3 rings (SSSR count). The Hall–Kier alpha value is -3.42. The molecule has 3 N–H and O–H groups in total. The Bertz CT molecular complexity index is 975. The number of fused-ring (bicyclic) bond motifs is 1. The Morgan fingerprint density at radius 1 is 1.10 bits per heavy atom. The maximum atomic E-state index is 13.4. The lowest BCUT2D eigenvalue weighted by Crippen LogP contribution is -2.34. The monoisotopic (exact) mass is 400 g/mol. The molecule has 0 atom stereocenters. The average molecular weight is 400 g/mol. The molecule has 1 aromatic carbocycles. The summed E-state index contributed by atoms with van der Waals surface area (Å²) in [6.45, 7) is -0.123. The van der Waals surface area contributed by atoms with Gasteiger partial charge in [-0.3, -0.25) is 14.4 Å². The zero-order valence-electron chi connectivity index (χ0n) is 15.7. The van der Waals surface area contributed by atoms with Gasteiger partial charge in [0.15, 0.2) is 0 Å². The van der Waals surface area contributed by atoms with E-state index >= 15 is 0 Å². The third-order valence-electron chi connectivity index (χ3n) is 4.79. The molecule has 152 valence electrons. The van der Waals surface area contributed by atoms with Crippen LogP contribution in [0.5, 0.6) is 0 Å². The standard InChI is InChI=1S/C21H21FN2O5/c22-14-7-5-13(6-8-14)15-9-11-24-10-3-1-2-4-16(25)18(20(28)19(15)24)21(29)23-12-17(26)27/h5-9,11,25H,1-4,10,12H2,(H,23,29)(H,26,27)/b18-16-. The van der Waals surface area contributed by atoms with Gasteiger partial charge in [-0.25, -0.2) is 4.39 Å². The number of aliphatic hydroxyl groups is 1. The van der Waals surface area contributed by atoms with Crippen molar-refractivity contribution in [3.05, 3.63) is 59.4 Å². The number of Topliss-reactive ketones (excluding diaryl/α,β-unsaturated/α-hetero) is 1. The maximum Gasteiger partial charge on any atom is 0.322 e. The van der Waals surface area contributed by atoms with E-state index in [2.05, 4.69) is 5.32 Å². The molecule has 0 spiro atoms. The number of nitrogens with zero attached hydrogens (tertiary/aromatic N) is 1. The van der Waals surface area contributed by atoms with Gasteiger partial charge in [-0.15, -0.1) is 0 Å². The summed E-state index contributed by atoms with van der Waals surface area (Å²) in [6, 6.07) is 7.33. The largest absolute Gasteiger partial charge is 0.511 e. The number of halogens is 1. The number of aliphatic hydroxyl groups excluding tert-OH is 1. The molecule has 2 aromatic rings. The smallest absolute Gasteiger partial charge is 0.322 e. The van der Waals surface area contributed by atoms with Crippen LogP contribution in [0.15, 0.2) is 47.9 Å². The van der Waals surface area contributed by atoms with Gasteiger partial charge in [-0.1, -0.05) is 18.6 Å². The first-order valence-corrected chi connectivity index (χ1v) is 9.30. The second-order valence-electron chi connectivity index (χ2n) is 6.82. The molecule has 0 saturated heterocycles. The van der Waals surface area contributed by atoms with Gasteiger partial charge in [0, 0.05) is 24.7 Å². The number of hydrogen-bond donors (Lipinski definition) is 3. The molecule has 0 bridgehead atoms. The molecule has 1 aliphatic heterocycles. The number of aromatic nitrogens is 1. The van der Waals surface area contributed by atoms with Crippen molar-refractivity contribution >= 4 is 17.7 Å². The third-order valence-corrected chi connectivity index (χ3v) is 4.79. The summed E-state index contributed by atoms with van der Waals surface area (Å²) in [4.78, 5) is 36.7. The van der Waals surface area contributed by atoms with Crippen molar-refractivity contribution in [2.75, 3.05) is 6.54 Å². The van der Waals surface area contributed by atoms with Crippen LogP contribution in [-0.4, -0.2) is 39.0 Å². The topological polar surface area (TPSA) is 109 Å². The van der Waals surface area contributed by atoms with Crippen LogP contribution in [0.2, 0.25) is 0 Å². The van der Waals surface area contributed by atoms with Gasteiger partial charge in [-0.2, -0.15) is 0 Å². The van der Waals surface area contributed by atoms with Gasteiger partial charge in [0.25, 0.3) is 5.91 Å². The van der Waals surface area contributed by atoms with E-state index < -0.39 is 35.6 Å².